The molecular weight excluding hydrogens is 406 g/mol. The first kappa shape index (κ1) is 20.4. The number of halogens is 1. The summed E-state index contributed by atoms with van der Waals surface area (Å²) in [6, 6.07) is 7.27. The molecule has 0 spiro atoms. The molecular formula is C21H24ClN5O3. The quantitative estimate of drug-likeness (QED) is 0.793. The SMILES string of the molecule is CCOC(=O)N1CCN(c2nc3c(c(Nc4ccc(Cl)cc4)n2)C(=O)CCC3)CC1. The minimum atomic E-state index is -0.292. The van der Waals surface area contributed by atoms with Gasteiger partial charge in [-0.05, 0) is 44.0 Å². The van der Waals surface area contributed by atoms with Crippen molar-refractivity contribution in [1.29, 1.82) is 0 Å². The van der Waals surface area contributed by atoms with Crippen LogP contribution in [0, 0.1) is 0 Å². The van der Waals surface area contributed by atoms with E-state index in [1.54, 1.807) is 24.0 Å². The molecule has 1 amide bonds. The predicted octanol–water partition coefficient (Wildman–Crippen LogP) is 3.67. The summed E-state index contributed by atoms with van der Waals surface area (Å²) in [4.78, 5) is 37.7. The van der Waals surface area contributed by atoms with E-state index in [9.17, 15) is 9.59 Å². The lowest BCUT2D eigenvalue weighted by Gasteiger charge is -2.34. The number of carbonyl (C=O) groups is 2. The molecule has 1 aliphatic heterocycles. The van der Waals surface area contributed by atoms with Gasteiger partial charge in [0.05, 0.1) is 17.9 Å². The number of nitrogens with one attached hydrogen (secondary N) is 1. The third-order valence-electron chi connectivity index (χ3n) is 5.26. The van der Waals surface area contributed by atoms with Crippen LogP contribution < -0.4 is 10.2 Å². The predicted molar refractivity (Wildman–Crippen MR) is 115 cm³/mol. The standard InChI is InChI=1S/C21H24ClN5O3/c1-2-30-21(29)27-12-10-26(11-13-27)20-24-16-4-3-5-17(28)18(16)19(25-20)23-15-8-6-14(22)7-9-15/h6-9H,2-5,10-13H2,1H3,(H,23,24,25). The van der Waals surface area contributed by atoms with Crippen molar-refractivity contribution in [1.82, 2.24) is 14.9 Å². The first-order chi connectivity index (χ1) is 14.5. The van der Waals surface area contributed by atoms with Gasteiger partial charge in [-0.2, -0.15) is 4.98 Å². The Bertz CT molecular complexity index is 942. The Kier molecular flexibility index (Phi) is 6.03. The van der Waals surface area contributed by atoms with Gasteiger partial charge in [0.15, 0.2) is 5.78 Å². The van der Waals surface area contributed by atoms with Gasteiger partial charge >= 0.3 is 6.09 Å². The second kappa shape index (κ2) is 8.87. The fourth-order valence-electron chi connectivity index (χ4n) is 3.72. The van der Waals surface area contributed by atoms with Gasteiger partial charge < -0.3 is 19.9 Å². The van der Waals surface area contributed by atoms with Gasteiger partial charge in [0.1, 0.15) is 5.82 Å². The van der Waals surface area contributed by atoms with E-state index in [1.165, 1.54) is 0 Å². The lowest BCUT2D eigenvalue weighted by atomic mass is 9.95. The van der Waals surface area contributed by atoms with E-state index in [4.69, 9.17) is 26.3 Å². The van der Waals surface area contributed by atoms with Crippen molar-refractivity contribution in [2.45, 2.75) is 26.2 Å². The minimum absolute atomic E-state index is 0.0615. The number of aromatic nitrogens is 2. The Morgan fingerprint density at radius 3 is 2.57 bits per heavy atom. The van der Waals surface area contributed by atoms with E-state index in [2.05, 4.69) is 5.32 Å². The largest absolute Gasteiger partial charge is 0.450 e. The highest BCUT2D eigenvalue weighted by molar-refractivity contribution is 6.30. The zero-order chi connectivity index (χ0) is 21.1. The highest BCUT2D eigenvalue weighted by atomic mass is 35.5. The molecule has 0 atom stereocenters. The molecule has 0 radical (unpaired) electrons. The topological polar surface area (TPSA) is 87.7 Å². The third kappa shape index (κ3) is 4.33. The van der Waals surface area contributed by atoms with Crippen LogP contribution in [0.25, 0.3) is 0 Å². The summed E-state index contributed by atoms with van der Waals surface area (Å²) in [5, 5.41) is 3.91. The molecule has 158 valence electrons. The lowest BCUT2D eigenvalue weighted by molar-refractivity contribution is 0.0970. The highest BCUT2D eigenvalue weighted by Crippen LogP contribution is 2.30. The first-order valence-electron chi connectivity index (χ1n) is 10.2. The second-order valence-corrected chi connectivity index (χ2v) is 7.71. The number of hydrogen-bond donors (Lipinski definition) is 1. The van der Waals surface area contributed by atoms with Crippen LogP contribution in [0.3, 0.4) is 0 Å². The Hall–Kier alpha value is -2.87. The molecule has 4 rings (SSSR count). The number of anilines is 3. The van der Waals surface area contributed by atoms with Crippen LogP contribution in [-0.4, -0.2) is 59.5 Å². The molecule has 0 unspecified atom stereocenters. The molecule has 1 saturated heterocycles. The van der Waals surface area contributed by atoms with Gasteiger partial charge in [-0.1, -0.05) is 11.6 Å². The number of benzene rings is 1. The number of piperazine rings is 1. The molecule has 1 fully saturated rings. The van der Waals surface area contributed by atoms with Gasteiger partial charge in [0, 0.05) is 43.3 Å². The average molecular weight is 430 g/mol. The van der Waals surface area contributed by atoms with Crippen LogP contribution in [-0.2, 0) is 11.2 Å². The van der Waals surface area contributed by atoms with E-state index in [-0.39, 0.29) is 11.9 Å². The summed E-state index contributed by atoms with van der Waals surface area (Å²) in [7, 11) is 0. The summed E-state index contributed by atoms with van der Waals surface area (Å²) in [5.74, 6) is 1.16. The summed E-state index contributed by atoms with van der Waals surface area (Å²) in [6.07, 6.45) is 1.75. The smallest absolute Gasteiger partial charge is 0.409 e. The zero-order valence-corrected chi connectivity index (χ0v) is 17.6. The first-order valence-corrected chi connectivity index (χ1v) is 10.6. The number of rotatable bonds is 4. The average Bonchev–Trinajstić information content (AvgIpc) is 2.75. The summed E-state index contributed by atoms with van der Waals surface area (Å²) in [5.41, 5.74) is 2.15. The van der Waals surface area contributed by atoms with Gasteiger partial charge in [0.2, 0.25) is 5.95 Å². The number of ketones is 1. The number of hydrogen-bond acceptors (Lipinski definition) is 7. The van der Waals surface area contributed by atoms with Gasteiger partial charge in [0.25, 0.3) is 0 Å². The van der Waals surface area contributed by atoms with Crippen molar-refractivity contribution < 1.29 is 14.3 Å². The molecule has 1 aromatic heterocycles. The van der Waals surface area contributed by atoms with Crippen molar-refractivity contribution in [2.75, 3.05) is 43.0 Å². The van der Waals surface area contributed by atoms with Crippen LogP contribution in [0.4, 0.5) is 22.2 Å². The summed E-state index contributed by atoms with van der Waals surface area (Å²) < 4.78 is 5.08. The molecule has 9 heteroatoms. The summed E-state index contributed by atoms with van der Waals surface area (Å²) >= 11 is 5.98. The van der Waals surface area contributed by atoms with Crippen molar-refractivity contribution >= 4 is 40.9 Å². The molecule has 0 bridgehead atoms. The Balaban J connectivity index is 1.59. The maximum absolute atomic E-state index is 12.6. The number of amides is 1. The van der Waals surface area contributed by atoms with Gasteiger partial charge in [-0.15, -0.1) is 0 Å². The van der Waals surface area contributed by atoms with Crippen molar-refractivity contribution in [2.24, 2.45) is 0 Å². The maximum Gasteiger partial charge on any atom is 0.409 e. The van der Waals surface area contributed by atoms with E-state index >= 15 is 0 Å². The fourth-order valence-corrected chi connectivity index (χ4v) is 3.84. The van der Waals surface area contributed by atoms with Crippen molar-refractivity contribution in [3.63, 3.8) is 0 Å². The number of ether oxygens (including phenoxy) is 1. The van der Waals surface area contributed by atoms with E-state index < -0.39 is 0 Å². The number of Topliss-reactive ketones (excluding diaryl/α,β-unsaturated/α-hetero) is 1. The number of aryl methyl sites for hydroxylation is 1. The molecule has 1 aromatic carbocycles. The molecule has 2 aromatic rings. The van der Waals surface area contributed by atoms with E-state index in [1.807, 2.05) is 17.0 Å². The summed E-state index contributed by atoms with van der Waals surface area (Å²) in [6.45, 7) is 4.44. The molecule has 1 aliphatic carbocycles. The van der Waals surface area contributed by atoms with Crippen LogP contribution in [0.15, 0.2) is 24.3 Å². The Morgan fingerprint density at radius 1 is 1.13 bits per heavy atom. The van der Waals surface area contributed by atoms with Crippen LogP contribution in [0.5, 0.6) is 0 Å². The second-order valence-electron chi connectivity index (χ2n) is 7.28. The van der Waals surface area contributed by atoms with E-state index in [0.29, 0.717) is 61.6 Å². The number of fused-ring (bicyclic) bond motifs is 1. The number of carbonyl (C=O) groups excluding carboxylic acids is 2. The monoisotopic (exact) mass is 429 g/mol. The van der Waals surface area contributed by atoms with E-state index in [0.717, 1.165) is 24.2 Å². The number of nitrogens with zero attached hydrogens (tertiary/aromatic N) is 4. The molecule has 0 saturated carbocycles. The molecule has 8 nitrogen and oxygen atoms in total. The zero-order valence-electron chi connectivity index (χ0n) is 16.9. The Labute approximate surface area is 180 Å². The van der Waals surface area contributed by atoms with Gasteiger partial charge in [-0.3, -0.25) is 4.79 Å². The molecule has 2 aliphatic rings. The van der Waals surface area contributed by atoms with Crippen molar-refractivity contribution in [3.8, 4) is 0 Å². The normalized spacial score (nSPS) is 16.3. The van der Waals surface area contributed by atoms with Crippen LogP contribution in [0.2, 0.25) is 5.02 Å². The Morgan fingerprint density at radius 2 is 1.87 bits per heavy atom. The minimum Gasteiger partial charge on any atom is -0.450 e. The lowest BCUT2D eigenvalue weighted by Crippen LogP contribution is -2.49. The molecule has 30 heavy (non-hydrogen) atoms. The fraction of sp³-hybridized carbons (Fsp3) is 0.429. The van der Waals surface area contributed by atoms with Gasteiger partial charge in [-0.25, -0.2) is 9.78 Å². The van der Waals surface area contributed by atoms with Crippen LogP contribution >= 0.6 is 11.6 Å². The highest BCUT2D eigenvalue weighted by Gasteiger charge is 2.28. The van der Waals surface area contributed by atoms with Crippen molar-refractivity contribution in [3.05, 3.63) is 40.5 Å². The molecule has 2 heterocycles. The van der Waals surface area contributed by atoms with Crippen LogP contribution in [0.1, 0.15) is 35.8 Å². The third-order valence-corrected chi connectivity index (χ3v) is 5.52. The molecule has 1 N–H and O–H groups in total. The maximum atomic E-state index is 12.6.